The van der Waals surface area contributed by atoms with Crippen molar-refractivity contribution in [2.45, 2.75) is 25.9 Å². The van der Waals surface area contributed by atoms with Crippen LogP contribution in [0, 0.1) is 11.8 Å². The number of carbonyl (C=O) groups is 1. The molecule has 2 aliphatic rings. The summed E-state index contributed by atoms with van der Waals surface area (Å²) < 4.78 is 4.67. The minimum Gasteiger partial charge on any atom is -0.464 e. The summed E-state index contributed by atoms with van der Waals surface area (Å²) in [6.45, 7) is 2.01. The van der Waals surface area contributed by atoms with Crippen molar-refractivity contribution in [1.29, 1.82) is 0 Å². The molecule has 0 bridgehead atoms. The number of allylic oxidation sites excluding steroid dienone is 1. The van der Waals surface area contributed by atoms with E-state index in [2.05, 4.69) is 16.0 Å². The monoisotopic (exact) mass is 209 g/mol. The Labute approximate surface area is 88.9 Å². The summed E-state index contributed by atoms with van der Waals surface area (Å²) in [6, 6.07) is 0. The van der Waals surface area contributed by atoms with Gasteiger partial charge in [-0.2, -0.15) is 0 Å². The van der Waals surface area contributed by atoms with Crippen LogP contribution in [0.1, 0.15) is 19.8 Å². The highest BCUT2D eigenvalue weighted by Gasteiger charge is 2.38. The molecule has 1 aliphatic heterocycles. The van der Waals surface area contributed by atoms with E-state index in [0.29, 0.717) is 11.6 Å². The molecule has 0 aromatic rings. The molecule has 15 heavy (non-hydrogen) atoms. The van der Waals surface area contributed by atoms with Crippen LogP contribution in [0.15, 0.2) is 17.3 Å². The number of oxime groups is 1. The van der Waals surface area contributed by atoms with Gasteiger partial charge in [-0.15, -0.1) is 0 Å². The lowest BCUT2D eigenvalue weighted by Gasteiger charge is -2.34. The summed E-state index contributed by atoms with van der Waals surface area (Å²) in [5.74, 6) is 0.0817. The molecule has 4 heteroatoms. The number of rotatable bonds is 1. The number of fused-ring (bicyclic) bond motifs is 1. The first-order valence-electron chi connectivity index (χ1n) is 5.22. The molecule has 3 atom stereocenters. The van der Waals surface area contributed by atoms with E-state index in [1.165, 1.54) is 7.11 Å². The van der Waals surface area contributed by atoms with Crippen LogP contribution in [0.3, 0.4) is 0 Å². The number of ether oxygens (including phenoxy) is 1. The predicted octanol–water partition coefficient (Wildman–Crippen LogP) is 1.52. The van der Waals surface area contributed by atoms with Gasteiger partial charge in [-0.1, -0.05) is 18.2 Å². The van der Waals surface area contributed by atoms with E-state index in [9.17, 15) is 4.79 Å². The van der Waals surface area contributed by atoms with Crippen LogP contribution < -0.4 is 0 Å². The van der Waals surface area contributed by atoms with Gasteiger partial charge >= 0.3 is 5.97 Å². The predicted molar refractivity (Wildman–Crippen MR) is 55.4 cm³/mol. The Hall–Kier alpha value is -1.32. The van der Waals surface area contributed by atoms with E-state index in [-0.39, 0.29) is 18.0 Å². The van der Waals surface area contributed by atoms with Crippen molar-refractivity contribution < 1.29 is 14.4 Å². The van der Waals surface area contributed by atoms with Gasteiger partial charge in [0.2, 0.25) is 0 Å². The maximum Gasteiger partial charge on any atom is 0.356 e. The molecular weight excluding hydrogens is 194 g/mol. The zero-order valence-electron chi connectivity index (χ0n) is 8.97. The third kappa shape index (κ3) is 1.76. The first-order chi connectivity index (χ1) is 7.24. The Morgan fingerprint density at radius 1 is 1.67 bits per heavy atom. The summed E-state index contributed by atoms with van der Waals surface area (Å²) in [6.07, 6.45) is 6.25. The van der Waals surface area contributed by atoms with Crippen molar-refractivity contribution in [3.63, 3.8) is 0 Å². The minimum absolute atomic E-state index is 0.0298. The van der Waals surface area contributed by atoms with E-state index in [4.69, 9.17) is 4.84 Å². The molecule has 0 aromatic carbocycles. The van der Waals surface area contributed by atoms with E-state index in [1.807, 2.05) is 13.0 Å². The standard InChI is InChI=1S/C11H15NO3/c1-7-8-5-3-4-6-9(8)15-12-10(7)11(13)14-2/h4,6-9H,3,5H2,1-2H3/t7-,8+,9+/m1/s1. The first kappa shape index (κ1) is 10.2. The van der Waals surface area contributed by atoms with E-state index < -0.39 is 0 Å². The molecule has 1 heterocycles. The molecular formula is C11H15NO3. The Morgan fingerprint density at radius 2 is 2.47 bits per heavy atom. The van der Waals surface area contributed by atoms with Gasteiger partial charge < -0.3 is 9.57 Å². The summed E-state index contributed by atoms with van der Waals surface area (Å²) >= 11 is 0. The molecule has 4 nitrogen and oxygen atoms in total. The van der Waals surface area contributed by atoms with E-state index in [1.54, 1.807) is 0 Å². The SMILES string of the molecule is COC(=O)C1=NO[C@H]2C=CCC[C@H]2[C@H]1C. The lowest BCUT2D eigenvalue weighted by molar-refractivity contribution is -0.134. The van der Waals surface area contributed by atoms with Crippen molar-refractivity contribution in [2.24, 2.45) is 17.0 Å². The second kappa shape index (κ2) is 4.04. The number of methoxy groups -OCH3 is 1. The number of carbonyl (C=O) groups excluding carboxylic acids is 1. The maximum atomic E-state index is 11.4. The summed E-state index contributed by atoms with van der Waals surface area (Å²) in [5.41, 5.74) is 0.411. The average Bonchev–Trinajstić information content (AvgIpc) is 2.29. The van der Waals surface area contributed by atoms with Crippen LogP contribution in [0.25, 0.3) is 0 Å². The van der Waals surface area contributed by atoms with Crippen molar-refractivity contribution in [2.75, 3.05) is 7.11 Å². The molecule has 0 aromatic heterocycles. The fraction of sp³-hybridized carbons (Fsp3) is 0.636. The van der Waals surface area contributed by atoms with Crippen molar-refractivity contribution in [1.82, 2.24) is 0 Å². The Kier molecular flexibility index (Phi) is 2.75. The molecule has 0 spiro atoms. The topological polar surface area (TPSA) is 47.9 Å². The smallest absolute Gasteiger partial charge is 0.356 e. The van der Waals surface area contributed by atoms with Crippen LogP contribution in [0.4, 0.5) is 0 Å². The first-order valence-corrected chi connectivity index (χ1v) is 5.22. The van der Waals surface area contributed by atoms with Gasteiger partial charge in [0.1, 0.15) is 6.10 Å². The van der Waals surface area contributed by atoms with Crippen LogP contribution >= 0.6 is 0 Å². The molecule has 82 valence electrons. The van der Waals surface area contributed by atoms with Gasteiger partial charge in [-0.3, -0.25) is 0 Å². The Morgan fingerprint density at radius 3 is 3.20 bits per heavy atom. The van der Waals surface area contributed by atoms with Gasteiger partial charge in [-0.25, -0.2) is 4.79 Å². The van der Waals surface area contributed by atoms with E-state index in [0.717, 1.165) is 12.8 Å². The van der Waals surface area contributed by atoms with Crippen LogP contribution in [0.2, 0.25) is 0 Å². The molecule has 0 unspecified atom stereocenters. The molecule has 0 saturated carbocycles. The zero-order chi connectivity index (χ0) is 10.8. The van der Waals surface area contributed by atoms with Gasteiger partial charge in [-0.05, 0) is 18.9 Å². The molecule has 0 fully saturated rings. The average molecular weight is 209 g/mol. The summed E-state index contributed by atoms with van der Waals surface area (Å²) in [7, 11) is 1.37. The third-order valence-corrected chi connectivity index (χ3v) is 3.16. The largest absolute Gasteiger partial charge is 0.464 e. The second-order valence-electron chi connectivity index (χ2n) is 4.00. The van der Waals surface area contributed by atoms with Gasteiger partial charge in [0, 0.05) is 11.8 Å². The number of hydrogen-bond donors (Lipinski definition) is 0. The highest BCUT2D eigenvalue weighted by molar-refractivity contribution is 6.37. The molecule has 0 N–H and O–H groups in total. The van der Waals surface area contributed by atoms with Crippen molar-refractivity contribution in [3.05, 3.63) is 12.2 Å². The fourth-order valence-corrected chi connectivity index (χ4v) is 2.21. The molecule has 0 radical (unpaired) electrons. The van der Waals surface area contributed by atoms with Gasteiger partial charge in [0.05, 0.1) is 7.11 Å². The van der Waals surface area contributed by atoms with Crippen LogP contribution in [0.5, 0.6) is 0 Å². The molecule has 2 rings (SSSR count). The Bertz CT molecular complexity index is 322. The highest BCUT2D eigenvalue weighted by Crippen LogP contribution is 2.33. The summed E-state index contributed by atoms with van der Waals surface area (Å²) in [4.78, 5) is 16.7. The van der Waals surface area contributed by atoms with Crippen LogP contribution in [-0.2, 0) is 14.4 Å². The maximum absolute atomic E-state index is 11.4. The highest BCUT2D eigenvalue weighted by atomic mass is 16.6. The molecule has 0 saturated heterocycles. The lowest BCUT2D eigenvalue weighted by atomic mass is 9.79. The molecule has 0 amide bonds. The minimum atomic E-state index is -0.379. The fourth-order valence-electron chi connectivity index (χ4n) is 2.21. The van der Waals surface area contributed by atoms with Gasteiger partial charge in [0.25, 0.3) is 0 Å². The van der Waals surface area contributed by atoms with Crippen molar-refractivity contribution in [3.8, 4) is 0 Å². The number of nitrogens with zero attached hydrogens (tertiary/aromatic N) is 1. The van der Waals surface area contributed by atoms with Crippen molar-refractivity contribution >= 4 is 11.7 Å². The number of esters is 1. The second-order valence-corrected chi connectivity index (χ2v) is 4.00. The van der Waals surface area contributed by atoms with E-state index >= 15 is 0 Å². The van der Waals surface area contributed by atoms with Gasteiger partial charge in [0.15, 0.2) is 5.71 Å². The number of hydrogen-bond acceptors (Lipinski definition) is 4. The normalized spacial score (nSPS) is 33.7. The lowest BCUT2D eigenvalue weighted by Crippen LogP contribution is -2.40. The molecule has 1 aliphatic carbocycles. The third-order valence-electron chi connectivity index (χ3n) is 3.16. The zero-order valence-corrected chi connectivity index (χ0v) is 8.97. The quantitative estimate of drug-likeness (QED) is 0.486. The summed E-state index contributed by atoms with van der Waals surface area (Å²) in [5, 5.41) is 3.86. The Balaban J connectivity index is 2.20. The van der Waals surface area contributed by atoms with Crippen LogP contribution in [-0.4, -0.2) is 24.9 Å².